The third-order valence-corrected chi connectivity index (χ3v) is 4.56. The third-order valence-electron chi connectivity index (χ3n) is 4.56. The maximum atomic E-state index is 12.7. The molecular weight excluding hydrogens is 318 g/mol. The second-order valence-electron chi connectivity index (χ2n) is 5.98. The smallest absolute Gasteiger partial charge is 0.227 e. The Kier molecular flexibility index (Phi) is 5.12. The van der Waals surface area contributed by atoms with Crippen LogP contribution in [0.1, 0.15) is 17.5 Å². The largest absolute Gasteiger partial charge is 0.497 e. The summed E-state index contributed by atoms with van der Waals surface area (Å²) in [4.78, 5) is 14.5. The summed E-state index contributed by atoms with van der Waals surface area (Å²) in [6, 6.07) is 11.6. The number of carbonyl (C=O) groups excluding carboxylic acids is 1. The standard InChI is InChI=1S/C20H23NO4/c1-23-16-6-7-17-15(13-16)10-11-21(17)20(22)9-5-14-4-8-18(24-2)19(12-14)25-3/h4,6-8,12-13H,5,9-11H2,1-3H3. The summed E-state index contributed by atoms with van der Waals surface area (Å²) in [6.45, 7) is 0.729. The van der Waals surface area contributed by atoms with Crippen molar-refractivity contribution < 1.29 is 19.0 Å². The number of anilines is 1. The molecule has 0 fully saturated rings. The molecule has 3 rings (SSSR count). The average Bonchev–Trinajstić information content (AvgIpc) is 3.08. The van der Waals surface area contributed by atoms with Crippen LogP contribution in [0.3, 0.4) is 0 Å². The summed E-state index contributed by atoms with van der Waals surface area (Å²) in [5.74, 6) is 2.35. The molecule has 132 valence electrons. The number of ether oxygens (including phenoxy) is 3. The van der Waals surface area contributed by atoms with Gasteiger partial charge in [-0.15, -0.1) is 0 Å². The van der Waals surface area contributed by atoms with Crippen molar-refractivity contribution in [3.63, 3.8) is 0 Å². The highest BCUT2D eigenvalue weighted by atomic mass is 16.5. The number of hydrogen-bond acceptors (Lipinski definition) is 4. The predicted octanol–water partition coefficient (Wildman–Crippen LogP) is 3.23. The fraction of sp³-hybridized carbons (Fsp3) is 0.350. The minimum Gasteiger partial charge on any atom is -0.497 e. The van der Waals surface area contributed by atoms with Crippen LogP contribution in [0.15, 0.2) is 36.4 Å². The number of aryl methyl sites for hydroxylation is 1. The van der Waals surface area contributed by atoms with Gasteiger partial charge in [-0.2, -0.15) is 0 Å². The van der Waals surface area contributed by atoms with E-state index in [1.54, 1.807) is 21.3 Å². The summed E-state index contributed by atoms with van der Waals surface area (Å²) < 4.78 is 15.8. The molecule has 0 aromatic heterocycles. The highest BCUT2D eigenvalue weighted by Gasteiger charge is 2.24. The lowest BCUT2D eigenvalue weighted by molar-refractivity contribution is -0.118. The molecule has 0 radical (unpaired) electrons. The molecule has 1 heterocycles. The first-order valence-electron chi connectivity index (χ1n) is 8.34. The number of methoxy groups -OCH3 is 3. The minimum absolute atomic E-state index is 0.138. The molecule has 0 saturated carbocycles. The third kappa shape index (κ3) is 3.55. The van der Waals surface area contributed by atoms with E-state index in [2.05, 4.69) is 0 Å². The van der Waals surface area contributed by atoms with Gasteiger partial charge in [-0.1, -0.05) is 6.07 Å². The van der Waals surface area contributed by atoms with Gasteiger partial charge in [0.25, 0.3) is 0 Å². The number of carbonyl (C=O) groups is 1. The van der Waals surface area contributed by atoms with E-state index in [4.69, 9.17) is 14.2 Å². The monoisotopic (exact) mass is 341 g/mol. The first-order chi connectivity index (χ1) is 12.2. The van der Waals surface area contributed by atoms with Crippen molar-refractivity contribution in [3.05, 3.63) is 47.5 Å². The van der Waals surface area contributed by atoms with Gasteiger partial charge in [-0.05, 0) is 54.3 Å². The Balaban J connectivity index is 1.66. The van der Waals surface area contributed by atoms with Gasteiger partial charge in [0.15, 0.2) is 11.5 Å². The second-order valence-corrected chi connectivity index (χ2v) is 5.98. The normalized spacial score (nSPS) is 12.7. The minimum atomic E-state index is 0.138. The molecule has 0 atom stereocenters. The van der Waals surface area contributed by atoms with Crippen molar-refractivity contribution in [2.75, 3.05) is 32.8 Å². The molecule has 2 aromatic carbocycles. The number of rotatable bonds is 6. The van der Waals surface area contributed by atoms with Crippen molar-refractivity contribution in [2.24, 2.45) is 0 Å². The zero-order valence-electron chi connectivity index (χ0n) is 14.9. The number of hydrogen-bond donors (Lipinski definition) is 0. The zero-order chi connectivity index (χ0) is 17.8. The van der Waals surface area contributed by atoms with Gasteiger partial charge < -0.3 is 19.1 Å². The highest BCUT2D eigenvalue weighted by molar-refractivity contribution is 5.95. The Labute approximate surface area is 148 Å². The van der Waals surface area contributed by atoms with Crippen LogP contribution in [0.25, 0.3) is 0 Å². The first-order valence-corrected chi connectivity index (χ1v) is 8.34. The Morgan fingerprint density at radius 2 is 1.80 bits per heavy atom. The van der Waals surface area contributed by atoms with Crippen LogP contribution in [-0.2, 0) is 17.6 Å². The van der Waals surface area contributed by atoms with E-state index < -0.39 is 0 Å². The Bertz CT molecular complexity index is 772. The molecule has 0 N–H and O–H groups in total. The molecule has 1 aliphatic rings. The van der Waals surface area contributed by atoms with Gasteiger partial charge >= 0.3 is 0 Å². The van der Waals surface area contributed by atoms with Crippen molar-refractivity contribution in [3.8, 4) is 17.2 Å². The first kappa shape index (κ1) is 17.1. The van der Waals surface area contributed by atoms with Crippen LogP contribution in [0.2, 0.25) is 0 Å². The van der Waals surface area contributed by atoms with Crippen LogP contribution in [0.5, 0.6) is 17.2 Å². The molecule has 25 heavy (non-hydrogen) atoms. The molecule has 0 spiro atoms. The Morgan fingerprint density at radius 1 is 1.00 bits per heavy atom. The predicted molar refractivity (Wildman–Crippen MR) is 96.9 cm³/mol. The number of benzene rings is 2. The van der Waals surface area contributed by atoms with Crippen LogP contribution >= 0.6 is 0 Å². The molecule has 1 aliphatic heterocycles. The molecule has 0 saturated heterocycles. The van der Waals surface area contributed by atoms with Gasteiger partial charge in [0, 0.05) is 18.7 Å². The summed E-state index contributed by atoms with van der Waals surface area (Å²) in [6.07, 6.45) is 2.00. The van der Waals surface area contributed by atoms with Crippen molar-refractivity contribution >= 4 is 11.6 Å². The molecular formula is C20H23NO4. The van der Waals surface area contributed by atoms with E-state index in [1.165, 1.54) is 5.56 Å². The van der Waals surface area contributed by atoms with E-state index in [0.717, 1.165) is 30.0 Å². The molecule has 0 aliphatic carbocycles. The summed E-state index contributed by atoms with van der Waals surface area (Å²) in [5, 5.41) is 0. The molecule has 0 unspecified atom stereocenters. The lowest BCUT2D eigenvalue weighted by atomic mass is 10.1. The van der Waals surface area contributed by atoms with Gasteiger partial charge in [-0.25, -0.2) is 0 Å². The number of amides is 1. The molecule has 2 aromatic rings. The van der Waals surface area contributed by atoms with Gasteiger partial charge in [0.1, 0.15) is 5.75 Å². The summed E-state index contributed by atoms with van der Waals surface area (Å²) in [5.41, 5.74) is 3.22. The van der Waals surface area contributed by atoms with Gasteiger partial charge in [-0.3, -0.25) is 4.79 Å². The van der Waals surface area contributed by atoms with Crippen LogP contribution in [0, 0.1) is 0 Å². The zero-order valence-corrected chi connectivity index (χ0v) is 14.9. The lowest BCUT2D eigenvalue weighted by Gasteiger charge is -2.18. The van der Waals surface area contributed by atoms with Gasteiger partial charge in [0.05, 0.1) is 21.3 Å². The van der Waals surface area contributed by atoms with Crippen LogP contribution < -0.4 is 19.1 Å². The fourth-order valence-electron chi connectivity index (χ4n) is 3.19. The van der Waals surface area contributed by atoms with E-state index in [9.17, 15) is 4.79 Å². The van der Waals surface area contributed by atoms with Crippen molar-refractivity contribution in [1.29, 1.82) is 0 Å². The van der Waals surface area contributed by atoms with Crippen molar-refractivity contribution in [1.82, 2.24) is 0 Å². The maximum Gasteiger partial charge on any atom is 0.227 e. The summed E-state index contributed by atoms with van der Waals surface area (Å²) >= 11 is 0. The fourth-order valence-corrected chi connectivity index (χ4v) is 3.19. The van der Waals surface area contributed by atoms with Crippen LogP contribution in [-0.4, -0.2) is 33.8 Å². The van der Waals surface area contributed by atoms with E-state index in [1.807, 2.05) is 41.3 Å². The van der Waals surface area contributed by atoms with E-state index in [0.29, 0.717) is 24.3 Å². The summed E-state index contributed by atoms with van der Waals surface area (Å²) in [7, 11) is 4.88. The highest BCUT2D eigenvalue weighted by Crippen LogP contribution is 2.32. The quantitative estimate of drug-likeness (QED) is 0.809. The molecule has 0 bridgehead atoms. The van der Waals surface area contributed by atoms with E-state index in [-0.39, 0.29) is 5.91 Å². The second kappa shape index (κ2) is 7.47. The van der Waals surface area contributed by atoms with Crippen molar-refractivity contribution in [2.45, 2.75) is 19.3 Å². The SMILES string of the molecule is COc1ccc2c(c1)CCN2C(=O)CCc1ccc(OC)c(OC)c1. The maximum absolute atomic E-state index is 12.7. The number of fused-ring (bicyclic) bond motifs is 1. The van der Waals surface area contributed by atoms with Crippen LogP contribution in [0.4, 0.5) is 5.69 Å². The Hall–Kier alpha value is -2.69. The molecule has 5 nitrogen and oxygen atoms in total. The number of nitrogens with zero attached hydrogens (tertiary/aromatic N) is 1. The van der Waals surface area contributed by atoms with E-state index >= 15 is 0 Å². The topological polar surface area (TPSA) is 48.0 Å². The lowest BCUT2D eigenvalue weighted by Crippen LogP contribution is -2.29. The molecule has 1 amide bonds. The average molecular weight is 341 g/mol. The Morgan fingerprint density at radius 3 is 2.52 bits per heavy atom. The molecule has 5 heteroatoms. The van der Waals surface area contributed by atoms with Gasteiger partial charge in [0.2, 0.25) is 5.91 Å².